The molecule has 0 aliphatic carbocycles. The Morgan fingerprint density at radius 2 is 2.12 bits per heavy atom. The molecule has 0 aromatic rings. The minimum atomic E-state index is -0.404. The molecule has 17 heavy (non-hydrogen) atoms. The molecule has 0 aromatic carbocycles. The van der Waals surface area contributed by atoms with E-state index in [2.05, 4.69) is 12.2 Å². The predicted molar refractivity (Wildman–Crippen MR) is 74.1 cm³/mol. The zero-order chi connectivity index (χ0) is 13.1. The lowest BCUT2D eigenvalue weighted by Gasteiger charge is -2.17. The van der Waals surface area contributed by atoms with Gasteiger partial charge in [0.2, 0.25) is 5.91 Å². The first-order chi connectivity index (χ1) is 8.15. The Hall–Kier alpha value is -0.260. The third-order valence-corrected chi connectivity index (χ3v) is 3.41. The number of carbonyl (C=O) groups excluding carboxylic acids is 1. The van der Waals surface area contributed by atoms with Crippen molar-refractivity contribution >= 4 is 17.7 Å². The van der Waals surface area contributed by atoms with Crippen LogP contribution in [0.5, 0.6) is 0 Å². The smallest absolute Gasteiger partial charge is 0.236 e. The van der Waals surface area contributed by atoms with Gasteiger partial charge in [0.05, 0.1) is 6.04 Å². The second-order valence-corrected chi connectivity index (χ2v) is 5.29. The van der Waals surface area contributed by atoms with Gasteiger partial charge in [0.15, 0.2) is 0 Å². The van der Waals surface area contributed by atoms with Gasteiger partial charge in [-0.3, -0.25) is 4.79 Å². The van der Waals surface area contributed by atoms with Crippen LogP contribution in [0.3, 0.4) is 0 Å². The highest BCUT2D eigenvalue weighted by molar-refractivity contribution is 7.98. The molecule has 5 heteroatoms. The summed E-state index contributed by atoms with van der Waals surface area (Å²) in [7, 11) is 0. The minimum Gasteiger partial charge on any atom is -0.396 e. The molecular formula is C12H26N2O2S. The zero-order valence-electron chi connectivity index (χ0n) is 10.9. The number of aliphatic hydroxyl groups excluding tert-OH is 1. The summed E-state index contributed by atoms with van der Waals surface area (Å²) in [6, 6.07) is -0.404. The van der Waals surface area contributed by atoms with E-state index in [1.54, 1.807) is 11.8 Å². The third-order valence-electron chi connectivity index (χ3n) is 2.77. The lowest BCUT2D eigenvalue weighted by atomic mass is 10.00. The molecule has 0 rings (SSSR count). The Balaban J connectivity index is 3.85. The Morgan fingerprint density at radius 3 is 2.65 bits per heavy atom. The SMILES string of the molecule is CCCC(CCO)CNC(=O)[C@@H](N)CCSC. The van der Waals surface area contributed by atoms with E-state index in [0.717, 1.165) is 25.0 Å². The van der Waals surface area contributed by atoms with Gasteiger partial charge < -0.3 is 16.2 Å². The standard InChI is InChI=1S/C12H26N2O2S/c1-3-4-10(5-7-15)9-14-12(16)11(13)6-8-17-2/h10-11,15H,3-9,13H2,1-2H3,(H,14,16)/t10?,11-/m0/s1. The van der Waals surface area contributed by atoms with Crippen LogP contribution in [-0.4, -0.2) is 42.2 Å². The summed E-state index contributed by atoms with van der Waals surface area (Å²) >= 11 is 1.69. The number of thioether (sulfide) groups is 1. The van der Waals surface area contributed by atoms with Gasteiger partial charge in [0.1, 0.15) is 0 Å². The Morgan fingerprint density at radius 1 is 1.41 bits per heavy atom. The lowest BCUT2D eigenvalue weighted by Crippen LogP contribution is -2.42. The van der Waals surface area contributed by atoms with Crippen molar-refractivity contribution in [1.29, 1.82) is 0 Å². The average molecular weight is 262 g/mol. The van der Waals surface area contributed by atoms with Crippen molar-refractivity contribution in [2.24, 2.45) is 11.7 Å². The molecule has 0 spiro atoms. The molecule has 0 aliphatic heterocycles. The van der Waals surface area contributed by atoms with Gasteiger partial charge in [-0.25, -0.2) is 0 Å². The van der Waals surface area contributed by atoms with E-state index in [1.165, 1.54) is 0 Å². The quantitative estimate of drug-likeness (QED) is 0.548. The van der Waals surface area contributed by atoms with E-state index < -0.39 is 6.04 Å². The predicted octanol–water partition coefficient (Wildman–Crippen LogP) is 0.982. The van der Waals surface area contributed by atoms with E-state index >= 15 is 0 Å². The first-order valence-electron chi connectivity index (χ1n) is 6.28. The largest absolute Gasteiger partial charge is 0.396 e. The fourth-order valence-corrected chi connectivity index (χ4v) is 2.18. The molecule has 0 aliphatic rings. The van der Waals surface area contributed by atoms with Crippen molar-refractivity contribution in [3.05, 3.63) is 0 Å². The molecule has 4 N–H and O–H groups in total. The first-order valence-corrected chi connectivity index (χ1v) is 7.68. The molecule has 0 aromatic heterocycles. The highest BCUT2D eigenvalue weighted by atomic mass is 32.2. The normalized spacial score (nSPS) is 14.4. The number of nitrogens with one attached hydrogen (secondary N) is 1. The zero-order valence-corrected chi connectivity index (χ0v) is 11.8. The Kier molecular flexibility index (Phi) is 10.7. The van der Waals surface area contributed by atoms with Gasteiger partial charge in [0.25, 0.3) is 0 Å². The highest BCUT2D eigenvalue weighted by Crippen LogP contribution is 2.09. The number of hydrogen-bond donors (Lipinski definition) is 3. The Bertz CT molecular complexity index is 197. The van der Waals surface area contributed by atoms with Crippen LogP contribution in [0.4, 0.5) is 0 Å². The summed E-state index contributed by atoms with van der Waals surface area (Å²) in [5.41, 5.74) is 5.76. The van der Waals surface area contributed by atoms with Crippen LogP contribution in [0.25, 0.3) is 0 Å². The maximum absolute atomic E-state index is 11.7. The van der Waals surface area contributed by atoms with E-state index in [1.807, 2.05) is 6.26 Å². The van der Waals surface area contributed by atoms with Crippen molar-refractivity contribution in [1.82, 2.24) is 5.32 Å². The number of aliphatic hydroxyl groups is 1. The maximum atomic E-state index is 11.7. The molecular weight excluding hydrogens is 236 g/mol. The van der Waals surface area contributed by atoms with Crippen LogP contribution in [0, 0.1) is 5.92 Å². The first kappa shape index (κ1) is 16.7. The van der Waals surface area contributed by atoms with E-state index in [0.29, 0.717) is 18.9 Å². The van der Waals surface area contributed by atoms with Crippen molar-refractivity contribution in [2.45, 2.75) is 38.6 Å². The maximum Gasteiger partial charge on any atom is 0.236 e. The van der Waals surface area contributed by atoms with Gasteiger partial charge >= 0.3 is 0 Å². The van der Waals surface area contributed by atoms with Crippen molar-refractivity contribution in [3.8, 4) is 0 Å². The number of nitrogens with two attached hydrogens (primary N) is 1. The van der Waals surface area contributed by atoms with Gasteiger partial charge in [-0.15, -0.1) is 0 Å². The number of hydrogen-bond acceptors (Lipinski definition) is 4. The van der Waals surface area contributed by atoms with Crippen LogP contribution in [0.1, 0.15) is 32.6 Å². The minimum absolute atomic E-state index is 0.0712. The third kappa shape index (κ3) is 8.46. The summed E-state index contributed by atoms with van der Waals surface area (Å²) in [5, 5.41) is 11.8. The van der Waals surface area contributed by atoms with E-state index in [-0.39, 0.29) is 12.5 Å². The van der Waals surface area contributed by atoms with Gasteiger partial charge in [-0.05, 0) is 37.2 Å². The van der Waals surface area contributed by atoms with Crippen LogP contribution < -0.4 is 11.1 Å². The summed E-state index contributed by atoms with van der Waals surface area (Å²) in [5.74, 6) is 1.20. The second-order valence-electron chi connectivity index (χ2n) is 4.30. The molecule has 2 atom stereocenters. The van der Waals surface area contributed by atoms with Crippen LogP contribution >= 0.6 is 11.8 Å². The molecule has 1 unspecified atom stereocenters. The molecule has 1 amide bonds. The topological polar surface area (TPSA) is 75.3 Å². The van der Waals surface area contributed by atoms with Crippen molar-refractivity contribution < 1.29 is 9.90 Å². The highest BCUT2D eigenvalue weighted by Gasteiger charge is 2.14. The van der Waals surface area contributed by atoms with E-state index in [9.17, 15) is 4.79 Å². The second kappa shape index (κ2) is 10.9. The molecule has 0 radical (unpaired) electrons. The molecule has 0 saturated heterocycles. The molecule has 0 bridgehead atoms. The lowest BCUT2D eigenvalue weighted by molar-refractivity contribution is -0.122. The summed E-state index contributed by atoms with van der Waals surface area (Å²) < 4.78 is 0. The fraction of sp³-hybridized carbons (Fsp3) is 0.917. The van der Waals surface area contributed by atoms with Crippen LogP contribution in [0.15, 0.2) is 0 Å². The number of rotatable bonds is 10. The van der Waals surface area contributed by atoms with Crippen molar-refractivity contribution in [2.75, 3.05) is 25.2 Å². The number of amides is 1. The molecule has 4 nitrogen and oxygen atoms in total. The number of carbonyl (C=O) groups is 1. The van der Waals surface area contributed by atoms with E-state index in [4.69, 9.17) is 10.8 Å². The van der Waals surface area contributed by atoms with Gasteiger partial charge in [0, 0.05) is 13.2 Å². The van der Waals surface area contributed by atoms with Gasteiger partial charge in [-0.2, -0.15) is 11.8 Å². The summed E-state index contributed by atoms with van der Waals surface area (Å²) in [6.07, 6.45) is 5.56. The summed E-state index contributed by atoms with van der Waals surface area (Å²) in [4.78, 5) is 11.7. The molecule has 0 saturated carbocycles. The average Bonchev–Trinajstić information content (AvgIpc) is 2.33. The Labute approximate surface area is 109 Å². The molecule has 0 heterocycles. The fourth-order valence-electron chi connectivity index (χ4n) is 1.69. The van der Waals surface area contributed by atoms with Crippen LogP contribution in [0.2, 0.25) is 0 Å². The van der Waals surface area contributed by atoms with Gasteiger partial charge in [-0.1, -0.05) is 13.3 Å². The molecule has 0 fully saturated rings. The van der Waals surface area contributed by atoms with Crippen molar-refractivity contribution in [3.63, 3.8) is 0 Å². The summed E-state index contributed by atoms with van der Waals surface area (Å²) in [6.45, 7) is 2.91. The van der Waals surface area contributed by atoms with Crippen LogP contribution in [-0.2, 0) is 4.79 Å². The molecule has 102 valence electrons. The monoisotopic (exact) mass is 262 g/mol.